The molecule has 0 unspecified atom stereocenters. The van der Waals surface area contributed by atoms with Crippen LogP contribution in [0.2, 0.25) is 0 Å². The second-order valence-electron chi connectivity index (χ2n) is 7.90. The number of hydrogen-bond donors (Lipinski definition) is 1. The molecule has 0 bridgehead atoms. The van der Waals surface area contributed by atoms with Gasteiger partial charge >= 0.3 is 16.1 Å². The molecule has 0 aliphatic carbocycles. The van der Waals surface area contributed by atoms with Crippen molar-refractivity contribution in [1.29, 1.82) is 0 Å². The van der Waals surface area contributed by atoms with Gasteiger partial charge in [-0.15, -0.1) is 0 Å². The van der Waals surface area contributed by atoms with Crippen molar-refractivity contribution in [3.8, 4) is 11.5 Å². The van der Waals surface area contributed by atoms with Gasteiger partial charge in [-0.25, -0.2) is 4.79 Å². The number of rotatable bonds is 12. The highest BCUT2D eigenvalue weighted by molar-refractivity contribution is 7.87. The average molecular weight is 492 g/mol. The third-order valence-electron chi connectivity index (χ3n) is 5.78. The summed E-state index contributed by atoms with van der Waals surface area (Å²) >= 11 is 0. The number of anilines is 1. The first-order valence-corrected chi connectivity index (χ1v) is 13.1. The van der Waals surface area contributed by atoms with Crippen LogP contribution < -0.4 is 19.1 Å². The van der Waals surface area contributed by atoms with Crippen molar-refractivity contribution in [3.63, 3.8) is 0 Å². The van der Waals surface area contributed by atoms with Crippen LogP contribution in [0.3, 0.4) is 0 Å². The summed E-state index contributed by atoms with van der Waals surface area (Å²) in [5.74, 6) is 0.757. The quantitative estimate of drug-likeness (QED) is 0.435. The Kier molecular flexibility index (Phi) is 10.0. The van der Waals surface area contributed by atoms with Crippen LogP contribution in [-0.2, 0) is 16.7 Å². The highest BCUT2D eigenvalue weighted by Gasteiger charge is 2.24. The predicted octanol–water partition coefficient (Wildman–Crippen LogP) is 4.64. The molecule has 2 aromatic rings. The summed E-state index contributed by atoms with van der Waals surface area (Å²) in [5.41, 5.74) is 1.46. The van der Waals surface area contributed by atoms with E-state index in [1.807, 2.05) is 46.8 Å². The second-order valence-corrected chi connectivity index (χ2v) is 9.44. The first-order chi connectivity index (χ1) is 16.2. The molecule has 2 amide bonds. The van der Waals surface area contributed by atoms with Gasteiger partial charge in [-0.05, 0) is 64.4 Å². The van der Waals surface area contributed by atoms with Crippen LogP contribution in [0.25, 0.3) is 0 Å². The number of nitrogens with one attached hydrogen (secondary N) is 1. The van der Waals surface area contributed by atoms with E-state index in [1.54, 1.807) is 23.1 Å². The fraction of sp³-hybridized carbons (Fsp3) is 0.480. The standard InChI is InChI=1S/C25H37N3O5S/c1-7-19(5)28(25(29)26-8-2)18-20-11-12-21(27(9-3)10-4)17-24(20)33-34(30,31)23-15-13-22(32-6)14-16-23/h11-17,19H,7-10,18H2,1-6H3,(H,26,29)/t19-/m0/s1. The van der Waals surface area contributed by atoms with Crippen molar-refractivity contribution in [2.45, 2.75) is 58.5 Å². The Labute approximate surface area is 204 Å². The first-order valence-electron chi connectivity index (χ1n) is 11.7. The molecule has 2 rings (SSSR count). The minimum atomic E-state index is -4.10. The third kappa shape index (κ3) is 6.79. The summed E-state index contributed by atoms with van der Waals surface area (Å²) in [7, 11) is -2.59. The maximum Gasteiger partial charge on any atom is 0.339 e. The molecular weight excluding hydrogens is 454 g/mol. The highest BCUT2D eigenvalue weighted by atomic mass is 32.2. The Bertz CT molecular complexity index is 1040. The van der Waals surface area contributed by atoms with Gasteiger partial charge in [-0.3, -0.25) is 0 Å². The zero-order valence-electron chi connectivity index (χ0n) is 21.0. The molecule has 0 heterocycles. The molecule has 0 aliphatic heterocycles. The van der Waals surface area contributed by atoms with Crippen LogP contribution in [-0.4, -0.2) is 52.1 Å². The number of benzene rings is 2. The SMILES string of the molecule is CCNC(=O)N(Cc1ccc(N(CC)CC)cc1OS(=O)(=O)c1ccc(OC)cc1)[C@@H](C)CC. The lowest BCUT2D eigenvalue weighted by Gasteiger charge is -2.30. The third-order valence-corrected chi connectivity index (χ3v) is 7.03. The lowest BCUT2D eigenvalue weighted by Crippen LogP contribution is -2.44. The molecule has 0 fully saturated rings. The molecule has 1 N–H and O–H groups in total. The molecule has 0 saturated heterocycles. The topological polar surface area (TPSA) is 88.2 Å². The summed E-state index contributed by atoms with van der Waals surface area (Å²) in [6.07, 6.45) is 0.759. The number of carbonyl (C=O) groups excluding carboxylic acids is 1. The first kappa shape index (κ1) is 27.3. The van der Waals surface area contributed by atoms with Gasteiger partial charge in [0.2, 0.25) is 0 Å². The van der Waals surface area contributed by atoms with Crippen LogP contribution in [0.4, 0.5) is 10.5 Å². The van der Waals surface area contributed by atoms with Crippen LogP contribution >= 0.6 is 0 Å². The molecule has 9 heteroatoms. The van der Waals surface area contributed by atoms with Gasteiger partial charge in [0, 0.05) is 43.0 Å². The largest absolute Gasteiger partial charge is 0.497 e. The zero-order chi connectivity index (χ0) is 25.3. The fourth-order valence-electron chi connectivity index (χ4n) is 3.53. The Morgan fingerprint density at radius 3 is 2.21 bits per heavy atom. The number of nitrogens with zero attached hydrogens (tertiary/aromatic N) is 2. The summed E-state index contributed by atoms with van der Waals surface area (Å²) in [4.78, 5) is 16.6. The maximum absolute atomic E-state index is 13.1. The van der Waals surface area contributed by atoms with Gasteiger partial charge < -0.3 is 24.0 Å². The van der Waals surface area contributed by atoms with Gasteiger partial charge in [-0.2, -0.15) is 8.42 Å². The van der Waals surface area contributed by atoms with Crippen molar-refractivity contribution in [2.75, 3.05) is 31.6 Å². The van der Waals surface area contributed by atoms with Crippen LogP contribution in [0.5, 0.6) is 11.5 Å². The minimum absolute atomic E-state index is 0.0231. The molecule has 0 radical (unpaired) electrons. The molecule has 8 nitrogen and oxygen atoms in total. The number of carbonyl (C=O) groups is 1. The molecule has 188 valence electrons. The normalized spacial score (nSPS) is 12.1. The molecule has 0 spiro atoms. The summed E-state index contributed by atoms with van der Waals surface area (Å²) < 4.78 is 37.0. The van der Waals surface area contributed by atoms with Crippen molar-refractivity contribution in [3.05, 3.63) is 48.0 Å². The molecule has 0 saturated carbocycles. The number of amides is 2. The Morgan fingerprint density at radius 2 is 1.68 bits per heavy atom. The number of urea groups is 1. The smallest absolute Gasteiger partial charge is 0.339 e. The van der Waals surface area contributed by atoms with E-state index < -0.39 is 10.1 Å². The average Bonchev–Trinajstić information content (AvgIpc) is 2.83. The van der Waals surface area contributed by atoms with Crippen molar-refractivity contribution >= 4 is 21.8 Å². The van der Waals surface area contributed by atoms with Crippen molar-refractivity contribution in [1.82, 2.24) is 10.2 Å². The van der Waals surface area contributed by atoms with E-state index >= 15 is 0 Å². The Morgan fingerprint density at radius 1 is 1.03 bits per heavy atom. The van der Waals surface area contributed by atoms with Gasteiger partial charge in [0.1, 0.15) is 16.4 Å². The van der Waals surface area contributed by atoms with Gasteiger partial charge in [0.15, 0.2) is 0 Å². The molecule has 34 heavy (non-hydrogen) atoms. The highest BCUT2D eigenvalue weighted by Crippen LogP contribution is 2.31. The van der Waals surface area contributed by atoms with E-state index in [-0.39, 0.29) is 29.3 Å². The Hall–Kier alpha value is -2.94. The summed E-state index contributed by atoms with van der Waals surface area (Å²) in [6.45, 7) is 12.1. The number of ether oxygens (including phenoxy) is 1. The van der Waals surface area contributed by atoms with Gasteiger partial charge in [0.25, 0.3) is 0 Å². The predicted molar refractivity (Wildman–Crippen MR) is 135 cm³/mol. The van der Waals surface area contributed by atoms with E-state index in [1.165, 1.54) is 19.2 Å². The molecule has 1 atom stereocenters. The van der Waals surface area contributed by atoms with E-state index in [0.717, 1.165) is 25.2 Å². The molecule has 0 aliphatic rings. The van der Waals surface area contributed by atoms with E-state index in [2.05, 4.69) is 10.2 Å². The molecule has 0 aromatic heterocycles. The lowest BCUT2D eigenvalue weighted by atomic mass is 10.1. The lowest BCUT2D eigenvalue weighted by molar-refractivity contribution is 0.173. The monoisotopic (exact) mass is 491 g/mol. The number of hydrogen-bond acceptors (Lipinski definition) is 6. The van der Waals surface area contributed by atoms with Gasteiger partial charge in [-0.1, -0.05) is 13.0 Å². The molecule has 2 aromatic carbocycles. The summed E-state index contributed by atoms with van der Waals surface area (Å²) in [5, 5.41) is 2.84. The van der Waals surface area contributed by atoms with Crippen molar-refractivity contribution in [2.24, 2.45) is 0 Å². The number of methoxy groups -OCH3 is 1. The van der Waals surface area contributed by atoms with Crippen LogP contribution in [0, 0.1) is 0 Å². The van der Waals surface area contributed by atoms with E-state index in [0.29, 0.717) is 17.9 Å². The van der Waals surface area contributed by atoms with E-state index in [9.17, 15) is 13.2 Å². The fourth-order valence-corrected chi connectivity index (χ4v) is 4.49. The van der Waals surface area contributed by atoms with Gasteiger partial charge in [0.05, 0.1) is 13.7 Å². The van der Waals surface area contributed by atoms with E-state index in [4.69, 9.17) is 8.92 Å². The summed E-state index contributed by atoms with van der Waals surface area (Å²) in [6, 6.07) is 11.3. The Balaban J connectivity index is 2.50. The zero-order valence-corrected chi connectivity index (χ0v) is 21.8. The molecular formula is C25H37N3O5S. The minimum Gasteiger partial charge on any atom is -0.497 e. The van der Waals surface area contributed by atoms with Crippen molar-refractivity contribution < 1.29 is 22.1 Å². The van der Waals surface area contributed by atoms with Crippen LogP contribution in [0.1, 0.15) is 46.6 Å². The van der Waals surface area contributed by atoms with Crippen LogP contribution in [0.15, 0.2) is 47.4 Å². The second kappa shape index (κ2) is 12.5. The maximum atomic E-state index is 13.1.